The molecule has 1 aromatic rings. The summed E-state index contributed by atoms with van der Waals surface area (Å²) < 4.78 is 13.8. The molecule has 0 aliphatic heterocycles. The molecule has 0 amide bonds. The number of nitrogens with one attached hydrogen (secondary N) is 1. The van der Waals surface area contributed by atoms with Crippen LogP contribution in [0.5, 0.6) is 0 Å². The minimum absolute atomic E-state index is 0.241. The molecule has 1 aliphatic rings. The normalized spacial score (nSPS) is 29.1. The molecule has 1 aliphatic carbocycles. The minimum atomic E-state index is -0.914. The van der Waals surface area contributed by atoms with Gasteiger partial charge in [-0.05, 0) is 56.0 Å². The zero-order valence-corrected chi connectivity index (χ0v) is 14.0. The molecular formula is C15H22BrNOS. The molecule has 4 atom stereocenters. The summed E-state index contributed by atoms with van der Waals surface area (Å²) >= 11 is 3.43. The number of rotatable bonds is 4. The third kappa shape index (κ3) is 3.89. The van der Waals surface area contributed by atoms with Crippen LogP contribution in [0.3, 0.4) is 0 Å². The highest BCUT2D eigenvalue weighted by atomic mass is 79.9. The lowest BCUT2D eigenvalue weighted by atomic mass is 9.87. The van der Waals surface area contributed by atoms with Gasteiger partial charge in [-0.2, -0.15) is 0 Å². The van der Waals surface area contributed by atoms with Crippen LogP contribution in [0.25, 0.3) is 0 Å². The molecule has 0 saturated heterocycles. The molecule has 2 rings (SSSR count). The van der Waals surface area contributed by atoms with Crippen molar-refractivity contribution in [1.29, 1.82) is 0 Å². The maximum Gasteiger partial charge on any atom is 0.0576 e. The highest BCUT2D eigenvalue weighted by Gasteiger charge is 2.32. The zero-order chi connectivity index (χ0) is 13.8. The van der Waals surface area contributed by atoms with Gasteiger partial charge in [0.2, 0.25) is 0 Å². The van der Waals surface area contributed by atoms with Crippen LogP contribution in [0.2, 0.25) is 0 Å². The lowest BCUT2D eigenvalue weighted by Crippen LogP contribution is -2.45. The van der Waals surface area contributed by atoms with E-state index in [-0.39, 0.29) is 5.25 Å². The van der Waals surface area contributed by atoms with Gasteiger partial charge in [0.25, 0.3) is 0 Å². The van der Waals surface area contributed by atoms with Gasteiger partial charge in [0.1, 0.15) is 0 Å². The second-order valence-corrected chi connectivity index (χ2v) is 7.96. The molecule has 1 N–H and O–H groups in total. The van der Waals surface area contributed by atoms with Crippen molar-refractivity contribution in [2.24, 2.45) is 5.92 Å². The SMILES string of the molecule is CCNC1CCC(C)CC1S(=O)c1ccc(Br)cc1. The Morgan fingerprint density at radius 1 is 1.32 bits per heavy atom. The van der Waals surface area contributed by atoms with Crippen LogP contribution in [0.15, 0.2) is 33.6 Å². The highest BCUT2D eigenvalue weighted by Crippen LogP contribution is 2.30. The molecule has 0 heterocycles. The molecular weight excluding hydrogens is 322 g/mol. The van der Waals surface area contributed by atoms with E-state index in [2.05, 4.69) is 35.1 Å². The molecule has 1 aromatic carbocycles. The topological polar surface area (TPSA) is 29.1 Å². The molecule has 0 spiro atoms. The monoisotopic (exact) mass is 343 g/mol. The maximum atomic E-state index is 12.8. The number of benzene rings is 1. The fourth-order valence-corrected chi connectivity index (χ4v) is 4.86. The van der Waals surface area contributed by atoms with Crippen LogP contribution >= 0.6 is 15.9 Å². The smallest absolute Gasteiger partial charge is 0.0576 e. The van der Waals surface area contributed by atoms with Gasteiger partial charge in [0.15, 0.2) is 0 Å². The van der Waals surface area contributed by atoms with Crippen LogP contribution in [-0.4, -0.2) is 22.0 Å². The van der Waals surface area contributed by atoms with Crippen LogP contribution in [0.1, 0.15) is 33.1 Å². The maximum absolute atomic E-state index is 12.8. The number of hydrogen-bond acceptors (Lipinski definition) is 2. The van der Waals surface area contributed by atoms with Crippen molar-refractivity contribution in [1.82, 2.24) is 5.32 Å². The van der Waals surface area contributed by atoms with Gasteiger partial charge in [-0.25, -0.2) is 0 Å². The van der Waals surface area contributed by atoms with E-state index in [9.17, 15) is 4.21 Å². The Hall–Kier alpha value is -0.190. The Morgan fingerprint density at radius 2 is 2.00 bits per heavy atom. The summed E-state index contributed by atoms with van der Waals surface area (Å²) in [4.78, 5) is 0.949. The second kappa shape index (κ2) is 7.00. The van der Waals surface area contributed by atoms with E-state index in [1.165, 1.54) is 6.42 Å². The van der Waals surface area contributed by atoms with Gasteiger partial charge in [0.05, 0.1) is 16.0 Å². The molecule has 106 valence electrons. The Labute approximate surface area is 127 Å². The van der Waals surface area contributed by atoms with E-state index in [1.54, 1.807) is 0 Å². The molecule has 19 heavy (non-hydrogen) atoms. The molecule has 0 bridgehead atoms. The summed E-state index contributed by atoms with van der Waals surface area (Å²) in [7, 11) is -0.914. The summed E-state index contributed by atoms with van der Waals surface area (Å²) in [6, 6.07) is 8.29. The van der Waals surface area contributed by atoms with Crippen molar-refractivity contribution in [3.8, 4) is 0 Å². The second-order valence-electron chi connectivity index (χ2n) is 5.37. The lowest BCUT2D eigenvalue weighted by molar-refractivity contribution is 0.316. The molecule has 4 heteroatoms. The van der Waals surface area contributed by atoms with Crippen molar-refractivity contribution >= 4 is 26.7 Å². The number of hydrogen-bond donors (Lipinski definition) is 1. The molecule has 1 fully saturated rings. The van der Waals surface area contributed by atoms with Crippen molar-refractivity contribution in [3.63, 3.8) is 0 Å². The first-order valence-corrected chi connectivity index (χ1v) is 9.02. The van der Waals surface area contributed by atoms with Crippen molar-refractivity contribution < 1.29 is 4.21 Å². The van der Waals surface area contributed by atoms with Gasteiger partial charge < -0.3 is 5.32 Å². The van der Waals surface area contributed by atoms with Gasteiger partial charge in [-0.15, -0.1) is 0 Å². The van der Waals surface area contributed by atoms with Gasteiger partial charge in [0, 0.05) is 15.4 Å². The Bertz CT molecular complexity index is 434. The Morgan fingerprint density at radius 3 is 2.63 bits per heavy atom. The number of halogens is 1. The van der Waals surface area contributed by atoms with Crippen molar-refractivity contribution in [3.05, 3.63) is 28.7 Å². The van der Waals surface area contributed by atoms with E-state index >= 15 is 0 Å². The summed E-state index contributed by atoms with van der Waals surface area (Å²) in [6.45, 7) is 5.35. The van der Waals surface area contributed by atoms with E-state index in [1.807, 2.05) is 24.3 Å². The standard InChI is InChI=1S/C15H22BrNOS/c1-3-17-14-9-4-11(2)10-15(14)19(18)13-7-5-12(16)6-8-13/h5-8,11,14-15,17H,3-4,9-10H2,1-2H3. The van der Waals surface area contributed by atoms with E-state index in [4.69, 9.17) is 0 Å². The van der Waals surface area contributed by atoms with Crippen LogP contribution in [-0.2, 0) is 10.8 Å². The highest BCUT2D eigenvalue weighted by molar-refractivity contribution is 9.10. The van der Waals surface area contributed by atoms with Crippen molar-refractivity contribution in [2.75, 3.05) is 6.54 Å². The summed E-state index contributed by atoms with van der Waals surface area (Å²) in [5, 5.41) is 3.76. The molecule has 4 unspecified atom stereocenters. The quantitative estimate of drug-likeness (QED) is 0.902. The van der Waals surface area contributed by atoms with Gasteiger partial charge in [-0.1, -0.05) is 29.8 Å². The average Bonchev–Trinajstić information content (AvgIpc) is 2.41. The average molecular weight is 344 g/mol. The predicted molar refractivity (Wildman–Crippen MR) is 84.8 cm³/mol. The van der Waals surface area contributed by atoms with E-state index in [0.717, 1.165) is 28.8 Å². The third-order valence-electron chi connectivity index (χ3n) is 3.84. The van der Waals surface area contributed by atoms with Crippen molar-refractivity contribution in [2.45, 2.75) is 49.3 Å². The first kappa shape index (κ1) is 15.2. The summed E-state index contributed by atoms with van der Waals surface area (Å²) in [6.07, 6.45) is 3.44. The molecule has 2 nitrogen and oxygen atoms in total. The molecule has 0 aromatic heterocycles. The van der Waals surface area contributed by atoms with E-state index in [0.29, 0.717) is 12.0 Å². The Kier molecular flexibility index (Phi) is 5.60. The predicted octanol–water partition coefficient (Wildman–Crippen LogP) is 3.72. The van der Waals surface area contributed by atoms with Gasteiger partial charge >= 0.3 is 0 Å². The van der Waals surface area contributed by atoms with Crippen LogP contribution in [0, 0.1) is 5.92 Å². The first-order valence-electron chi connectivity index (χ1n) is 7.01. The fraction of sp³-hybridized carbons (Fsp3) is 0.600. The largest absolute Gasteiger partial charge is 0.313 e. The summed E-state index contributed by atoms with van der Waals surface area (Å²) in [5.41, 5.74) is 0. The third-order valence-corrected chi connectivity index (χ3v) is 6.18. The first-order chi connectivity index (χ1) is 9.11. The molecule has 0 radical (unpaired) electrons. The van der Waals surface area contributed by atoms with E-state index < -0.39 is 10.8 Å². The fourth-order valence-electron chi connectivity index (χ4n) is 2.80. The zero-order valence-electron chi connectivity index (χ0n) is 11.6. The lowest BCUT2D eigenvalue weighted by Gasteiger charge is -2.34. The summed E-state index contributed by atoms with van der Waals surface area (Å²) in [5.74, 6) is 0.680. The minimum Gasteiger partial charge on any atom is -0.313 e. The van der Waals surface area contributed by atoms with Crippen LogP contribution in [0.4, 0.5) is 0 Å². The Balaban J connectivity index is 2.16. The molecule has 1 saturated carbocycles. The van der Waals surface area contributed by atoms with Gasteiger partial charge in [-0.3, -0.25) is 4.21 Å². The van der Waals surface area contributed by atoms with Crippen LogP contribution < -0.4 is 5.32 Å².